The van der Waals surface area contributed by atoms with Crippen molar-refractivity contribution < 1.29 is 4.43 Å². The summed E-state index contributed by atoms with van der Waals surface area (Å²) in [5.74, 6) is 7.42. The molecule has 0 amide bonds. The molecule has 0 aromatic carbocycles. The lowest BCUT2D eigenvalue weighted by Crippen LogP contribution is -2.46. The van der Waals surface area contributed by atoms with Gasteiger partial charge in [0.25, 0.3) is 0 Å². The highest BCUT2D eigenvalue weighted by molar-refractivity contribution is 6.74. The van der Waals surface area contributed by atoms with Crippen LogP contribution in [0.15, 0.2) is 12.2 Å². The van der Waals surface area contributed by atoms with Crippen molar-refractivity contribution in [2.75, 3.05) is 0 Å². The van der Waals surface area contributed by atoms with Crippen molar-refractivity contribution in [1.29, 1.82) is 0 Å². The molecule has 2 atom stereocenters. The molecule has 0 N–H and O–H groups in total. The first kappa shape index (κ1) is 24.5. The Morgan fingerprint density at radius 1 is 1.00 bits per heavy atom. The third-order valence-electron chi connectivity index (χ3n) is 5.37. The Morgan fingerprint density at radius 2 is 1.60 bits per heavy atom. The van der Waals surface area contributed by atoms with Crippen LogP contribution in [0, 0.1) is 23.7 Å². The third-order valence-corrected chi connectivity index (χ3v) is 9.85. The molecular formula is C23H44OSi. The van der Waals surface area contributed by atoms with Crippen LogP contribution in [-0.2, 0) is 4.43 Å². The molecule has 0 aliphatic carbocycles. The van der Waals surface area contributed by atoms with Gasteiger partial charge in [-0.2, -0.15) is 0 Å². The van der Waals surface area contributed by atoms with E-state index < -0.39 is 8.32 Å². The van der Waals surface area contributed by atoms with Crippen LogP contribution >= 0.6 is 0 Å². The van der Waals surface area contributed by atoms with Gasteiger partial charge in [-0.05, 0) is 49.9 Å². The lowest BCUT2D eigenvalue weighted by atomic mass is 9.95. The molecule has 0 saturated carbocycles. The summed E-state index contributed by atoms with van der Waals surface area (Å²) in [6, 6.07) is 0. The minimum atomic E-state index is -1.76. The van der Waals surface area contributed by atoms with E-state index in [2.05, 4.69) is 79.5 Å². The van der Waals surface area contributed by atoms with E-state index >= 15 is 0 Å². The molecular weight excluding hydrogens is 320 g/mol. The molecule has 0 fully saturated rings. The highest BCUT2D eigenvalue weighted by Crippen LogP contribution is 2.39. The number of allylic oxidation sites excluding steroid dienone is 2. The predicted molar refractivity (Wildman–Crippen MR) is 116 cm³/mol. The molecule has 0 radical (unpaired) electrons. The van der Waals surface area contributed by atoms with Crippen LogP contribution in [-0.4, -0.2) is 14.4 Å². The molecule has 0 aromatic heterocycles. The second-order valence-electron chi connectivity index (χ2n) is 9.27. The minimum absolute atomic E-state index is 0.218. The van der Waals surface area contributed by atoms with Crippen molar-refractivity contribution in [3.63, 3.8) is 0 Å². The second-order valence-corrected chi connectivity index (χ2v) is 14.0. The molecule has 0 spiro atoms. The minimum Gasteiger partial charge on any atom is -0.412 e. The zero-order chi connectivity index (χ0) is 19.5. The highest BCUT2D eigenvalue weighted by atomic mass is 28.4. The van der Waals surface area contributed by atoms with E-state index in [1.54, 1.807) is 0 Å². The standard InChI is InChI=1S/C23H44OSi/c1-10-11-12-13-14-15-16-17-18-19-21(4)22(20(2)3)24-25(8,9)23(5,6)7/h16-17,20-22H,10-15H2,1-9H3/b17-16+/t21-,22+/m1/s1. The number of unbranched alkanes of at least 4 members (excludes halogenated alkanes) is 5. The fraction of sp³-hybridized carbons (Fsp3) is 0.826. The van der Waals surface area contributed by atoms with Gasteiger partial charge in [0.15, 0.2) is 8.32 Å². The van der Waals surface area contributed by atoms with E-state index in [0.29, 0.717) is 5.92 Å². The van der Waals surface area contributed by atoms with Crippen molar-refractivity contribution in [3.8, 4) is 11.8 Å². The average molecular weight is 365 g/mol. The molecule has 0 heterocycles. The summed E-state index contributed by atoms with van der Waals surface area (Å²) in [7, 11) is -1.76. The topological polar surface area (TPSA) is 9.23 Å². The molecule has 2 heteroatoms. The molecule has 0 aliphatic heterocycles. The Kier molecular flexibility index (Phi) is 11.7. The Bertz CT molecular complexity index is 431. The number of hydrogen-bond acceptors (Lipinski definition) is 1. The SMILES string of the molecule is CCCCCCC/C=C/C#C[C@@H](C)[C@@H](O[Si](C)(C)C(C)(C)C)C(C)C. The molecule has 0 rings (SSSR count). The maximum absolute atomic E-state index is 6.67. The summed E-state index contributed by atoms with van der Waals surface area (Å²) in [5, 5.41) is 0.241. The van der Waals surface area contributed by atoms with E-state index in [4.69, 9.17) is 4.43 Å². The van der Waals surface area contributed by atoms with Gasteiger partial charge in [-0.15, -0.1) is 0 Å². The van der Waals surface area contributed by atoms with Crippen molar-refractivity contribution >= 4 is 8.32 Å². The van der Waals surface area contributed by atoms with Gasteiger partial charge in [0.2, 0.25) is 0 Å². The molecule has 0 bridgehead atoms. The summed E-state index contributed by atoms with van der Waals surface area (Å²) in [6.45, 7) is 20.5. The van der Waals surface area contributed by atoms with Gasteiger partial charge in [0.05, 0.1) is 6.10 Å². The fourth-order valence-corrected chi connectivity index (χ4v) is 4.11. The molecule has 146 valence electrons. The maximum Gasteiger partial charge on any atom is 0.192 e. The lowest BCUT2D eigenvalue weighted by Gasteiger charge is -2.41. The van der Waals surface area contributed by atoms with E-state index in [0.717, 1.165) is 6.42 Å². The van der Waals surface area contributed by atoms with E-state index in [-0.39, 0.29) is 17.1 Å². The highest BCUT2D eigenvalue weighted by Gasteiger charge is 2.40. The van der Waals surface area contributed by atoms with E-state index in [9.17, 15) is 0 Å². The molecule has 0 unspecified atom stereocenters. The van der Waals surface area contributed by atoms with Crippen LogP contribution in [0.2, 0.25) is 18.1 Å². The summed E-state index contributed by atoms with van der Waals surface area (Å²) in [4.78, 5) is 0. The Balaban J connectivity index is 4.55. The van der Waals surface area contributed by atoms with Crippen LogP contribution in [0.4, 0.5) is 0 Å². The van der Waals surface area contributed by atoms with Gasteiger partial charge in [0.1, 0.15) is 0 Å². The van der Waals surface area contributed by atoms with Gasteiger partial charge in [-0.25, -0.2) is 0 Å². The summed E-state index contributed by atoms with van der Waals surface area (Å²) < 4.78 is 6.67. The Morgan fingerprint density at radius 3 is 2.12 bits per heavy atom. The van der Waals surface area contributed by atoms with Crippen LogP contribution in [0.25, 0.3) is 0 Å². The molecule has 0 aliphatic rings. The average Bonchev–Trinajstić information content (AvgIpc) is 2.49. The third kappa shape index (κ3) is 10.3. The predicted octanol–water partition coefficient (Wildman–Crippen LogP) is 7.59. The number of hydrogen-bond donors (Lipinski definition) is 0. The quantitative estimate of drug-likeness (QED) is 0.220. The maximum atomic E-state index is 6.67. The monoisotopic (exact) mass is 364 g/mol. The summed E-state index contributed by atoms with van der Waals surface area (Å²) in [5.41, 5.74) is 0. The van der Waals surface area contributed by atoms with Crippen molar-refractivity contribution in [2.24, 2.45) is 11.8 Å². The van der Waals surface area contributed by atoms with Gasteiger partial charge in [0, 0.05) is 5.92 Å². The van der Waals surface area contributed by atoms with Crippen LogP contribution in [0.5, 0.6) is 0 Å². The van der Waals surface area contributed by atoms with E-state index in [1.165, 1.54) is 32.1 Å². The molecule has 0 aromatic rings. The zero-order valence-corrected chi connectivity index (χ0v) is 19.5. The fourth-order valence-electron chi connectivity index (χ4n) is 2.60. The summed E-state index contributed by atoms with van der Waals surface area (Å²) >= 11 is 0. The van der Waals surface area contributed by atoms with Crippen molar-refractivity contribution in [3.05, 3.63) is 12.2 Å². The van der Waals surface area contributed by atoms with Gasteiger partial charge in [-0.3, -0.25) is 0 Å². The van der Waals surface area contributed by atoms with Gasteiger partial charge in [-0.1, -0.05) is 85.1 Å². The van der Waals surface area contributed by atoms with Gasteiger partial charge < -0.3 is 4.43 Å². The van der Waals surface area contributed by atoms with Crippen LogP contribution < -0.4 is 0 Å². The number of rotatable bonds is 10. The van der Waals surface area contributed by atoms with E-state index in [1.807, 2.05) is 6.08 Å². The Labute approximate surface area is 160 Å². The summed E-state index contributed by atoms with van der Waals surface area (Å²) in [6.07, 6.45) is 12.3. The smallest absolute Gasteiger partial charge is 0.192 e. The normalized spacial score (nSPS) is 15.3. The van der Waals surface area contributed by atoms with Crippen molar-refractivity contribution in [1.82, 2.24) is 0 Å². The Hall–Kier alpha value is -0.523. The van der Waals surface area contributed by atoms with Crippen molar-refractivity contribution in [2.45, 2.75) is 111 Å². The van der Waals surface area contributed by atoms with Crippen LogP contribution in [0.1, 0.15) is 87.0 Å². The van der Waals surface area contributed by atoms with Crippen LogP contribution in [0.3, 0.4) is 0 Å². The lowest BCUT2D eigenvalue weighted by molar-refractivity contribution is 0.104. The molecule has 0 saturated heterocycles. The first-order valence-electron chi connectivity index (χ1n) is 10.4. The largest absolute Gasteiger partial charge is 0.412 e. The molecule has 25 heavy (non-hydrogen) atoms. The molecule has 1 nitrogen and oxygen atoms in total. The second kappa shape index (κ2) is 12.0. The first-order chi connectivity index (χ1) is 11.5. The zero-order valence-electron chi connectivity index (χ0n) is 18.5. The first-order valence-corrected chi connectivity index (χ1v) is 13.3. The van der Waals surface area contributed by atoms with Gasteiger partial charge >= 0.3 is 0 Å².